The Labute approximate surface area is 164 Å². The van der Waals surface area contributed by atoms with Gasteiger partial charge in [-0.1, -0.05) is 67.9 Å². The molecule has 0 saturated heterocycles. The average molecular weight is 379 g/mol. The van der Waals surface area contributed by atoms with Crippen molar-refractivity contribution in [2.75, 3.05) is 0 Å². The number of primary amides is 1. The average Bonchev–Trinajstić information content (AvgIpc) is 3.07. The van der Waals surface area contributed by atoms with E-state index in [4.69, 9.17) is 17.3 Å². The number of hydrogen-bond acceptors (Lipinski definition) is 1. The summed E-state index contributed by atoms with van der Waals surface area (Å²) in [6.07, 6.45) is 1.20. The van der Waals surface area contributed by atoms with Crippen LogP contribution in [0.5, 0.6) is 0 Å². The molecule has 0 fully saturated rings. The molecular weight excluding hydrogens is 356 g/mol. The fourth-order valence-electron chi connectivity index (χ4n) is 4.23. The highest BCUT2D eigenvalue weighted by Crippen LogP contribution is 2.46. The molecule has 27 heavy (non-hydrogen) atoms. The van der Waals surface area contributed by atoms with E-state index in [9.17, 15) is 4.79 Å². The van der Waals surface area contributed by atoms with Gasteiger partial charge in [0.2, 0.25) is 5.91 Å². The Bertz CT molecular complexity index is 1000. The highest BCUT2D eigenvalue weighted by Gasteiger charge is 2.36. The molecule has 3 aromatic rings. The summed E-state index contributed by atoms with van der Waals surface area (Å²) in [6, 6.07) is 18.2. The van der Waals surface area contributed by atoms with Gasteiger partial charge in [-0.15, -0.1) is 0 Å². The second kappa shape index (κ2) is 6.58. The van der Waals surface area contributed by atoms with Crippen molar-refractivity contribution in [1.82, 2.24) is 4.57 Å². The molecule has 2 aromatic carbocycles. The Morgan fingerprint density at radius 1 is 1.04 bits per heavy atom. The third-order valence-corrected chi connectivity index (χ3v) is 5.50. The second-order valence-corrected chi connectivity index (χ2v) is 8.52. The predicted octanol–water partition coefficient (Wildman–Crippen LogP) is 5.09. The maximum absolute atomic E-state index is 11.9. The van der Waals surface area contributed by atoms with Crippen molar-refractivity contribution in [3.63, 3.8) is 0 Å². The first-order valence-electron chi connectivity index (χ1n) is 9.20. The molecule has 0 radical (unpaired) electrons. The van der Waals surface area contributed by atoms with Crippen LogP contribution < -0.4 is 5.73 Å². The van der Waals surface area contributed by atoms with Gasteiger partial charge in [0.25, 0.3) is 0 Å². The zero-order chi connectivity index (χ0) is 19.2. The summed E-state index contributed by atoms with van der Waals surface area (Å²) in [4.78, 5) is 11.9. The van der Waals surface area contributed by atoms with Gasteiger partial charge in [-0.3, -0.25) is 4.79 Å². The molecule has 3 nitrogen and oxygen atoms in total. The highest BCUT2D eigenvalue weighted by atomic mass is 35.5. The van der Waals surface area contributed by atoms with Gasteiger partial charge in [0, 0.05) is 34.1 Å². The molecule has 0 aliphatic carbocycles. The summed E-state index contributed by atoms with van der Waals surface area (Å²) >= 11 is 6.11. The molecule has 0 bridgehead atoms. The second-order valence-electron chi connectivity index (χ2n) is 8.09. The summed E-state index contributed by atoms with van der Waals surface area (Å²) in [5.74, 6) is -0.310. The van der Waals surface area contributed by atoms with Crippen molar-refractivity contribution in [3.8, 4) is 22.3 Å². The standard InChI is InChI=1S/C23H23ClN2O/c1-23(2)13-19-22(15-6-4-3-5-7-15)21(16-8-10-17(24)11-9-16)18(12-20(25)27)26(19)14-23/h3-11H,12-14H2,1-2H3,(H2,25,27). The third kappa shape index (κ3) is 3.28. The smallest absolute Gasteiger partial charge is 0.223 e. The van der Waals surface area contributed by atoms with Gasteiger partial charge in [0.15, 0.2) is 0 Å². The van der Waals surface area contributed by atoms with Crippen LogP contribution in [0, 0.1) is 5.41 Å². The molecule has 1 aliphatic rings. The monoisotopic (exact) mass is 378 g/mol. The molecule has 1 aromatic heterocycles. The number of aromatic nitrogens is 1. The van der Waals surface area contributed by atoms with E-state index in [1.807, 2.05) is 30.3 Å². The molecule has 4 heteroatoms. The van der Waals surface area contributed by atoms with E-state index in [0.29, 0.717) is 5.02 Å². The van der Waals surface area contributed by atoms with Crippen molar-refractivity contribution in [3.05, 3.63) is 71.0 Å². The number of hydrogen-bond donors (Lipinski definition) is 1. The molecule has 0 atom stereocenters. The maximum atomic E-state index is 11.9. The summed E-state index contributed by atoms with van der Waals surface area (Å²) in [5.41, 5.74) is 12.6. The number of halogens is 1. The summed E-state index contributed by atoms with van der Waals surface area (Å²) in [5, 5.41) is 0.698. The Kier molecular flexibility index (Phi) is 4.35. The van der Waals surface area contributed by atoms with E-state index in [1.54, 1.807) is 0 Å². The van der Waals surface area contributed by atoms with Crippen molar-refractivity contribution in [2.24, 2.45) is 11.1 Å². The van der Waals surface area contributed by atoms with Crippen LogP contribution in [0.15, 0.2) is 54.6 Å². The SMILES string of the molecule is CC1(C)Cc2c(-c3ccccc3)c(-c3ccc(Cl)cc3)c(CC(N)=O)n2C1. The molecule has 0 saturated carbocycles. The fraction of sp³-hybridized carbons (Fsp3) is 0.261. The molecule has 0 spiro atoms. The van der Waals surface area contributed by atoms with E-state index >= 15 is 0 Å². The zero-order valence-corrected chi connectivity index (χ0v) is 16.4. The molecule has 4 rings (SSSR count). The number of carbonyl (C=O) groups excluding carboxylic acids is 1. The van der Waals surface area contributed by atoms with Crippen molar-refractivity contribution < 1.29 is 4.79 Å². The quantitative estimate of drug-likeness (QED) is 0.675. The van der Waals surface area contributed by atoms with Crippen molar-refractivity contribution in [2.45, 2.75) is 33.2 Å². The Hall–Kier alpha value is -2.52. The van der Waals surface area contributed by atoms with Crippen LogP contribution in [-0.2, 0) is 24.2 Å². The normalized spacial score (nSPS) is 14.9. The molecule has 138 valence electrons. The van der Waals surface area contributed by atoms with Crippen LogP contribution in [0.4, 0.5) is 0 Å². The molecule has 2 N–H and O–H groups in total. The van der Waals surface area contributed by atoms with Gasteiger partial charge >= 0.3 is 0 Å². The lowest BCUT2D eigenvalue weighted by Crippen LogP contribution is -2.19. The predicted molar refractivity (Wildman–Crippen MR) is 111 cm³/mol. The number of benzene rings is 2. The molecular formula is C23H23ClN2O. The van der Waals surface area contributed by atoms with E-state index in [1.165, 1.54) is 16.8 Å². The van der Waals surface area contributed by atoms with Gasteiger partial charge in [-0.2, -0.15) is 0 Å². The summed E-state index contributed by atoms with van der Waals surface area (Å²) in [7, 11) is 0. The first kappa shape index (κ1) is 17.9. The first-order valence-corrected chi connectivity index (χ1v) is 9.57. The number of rotatable bonds is 4. The number of nitrogens with zero attached hydrogens (tertiary/aromatic N) is 1. The van der Waals surface area contributed by atoms with Crippen molar-refractivity contribution >= 4 is 17.5 Å². The van der Waals surface area contributed by atoms with E-state index in [2.05, 4.69) is 42.7 Å². The molecule has 1 aliphatic heterocycles. The van der Waals surface area contributed by atoms with Crippen LogP contribution in [0.3, 0.4) is 0 Å². The van der Waals surface area contributed by atoms with Gasteiger partial charge < -0.3 is 10.3 Å². The largest absolute Gasteiger partial charge is 0.369 e. The van der Waals surface area contributed by atoms with Gasteiger partial charge in [0.05, 0.1) is 6.42 Å². The Morgan fingerprint density at radius 2 is 1.67 bits per heavy atom. The Balaban J connectivity index is 2.03. The molecule has 0 unspecified atom stereocenters. The third-order valence-electron chi connectivity index (χ3n) is 5.25. The van der Waals surface area contributed by atoms with E-state index in [0.717, 1.165) is 29.8 Å². The van der Waals surface area contributed by atoms with E-state index in [-0.39, 0.29) is 17.7 Å². The number of fused-ring (bicyclic) bond motifs is 1. The topological polar surface area (TPSA) is 48.0 Å². The minimum Gasteiger partial charge on any atom is -0.369 e. The van der Waals surface area contributed by atoms with E-state index < -0.39 is 0 Å². The fourth-order valence-corrected chi connectivity index (χ4v) is 4.35. The first-order chi connectivity index (χ1) is 12.9. The Morgan fingerprint density at radius 3 is 2.30 bits per heavy atom. The minimum atomic E-state index is -0.310. The van der Waals surface area contributed by atoms with Gasteiger partial charge in [-0.25, -0.2) is 0 Å². The number of nitrogens with two attached hydrogens (primary N) is 1. The summed E-state index contributed by atoms with van der Waals surface area (Å²) < 4.78 is 2.32. The van der Waals surface area contributed by atoms with Crippen LogP contribution >= 0.6 is 11.6 Å². The molecule has 1 amide bonds. The van der Waals surface area contributed by atoms with Crippen LogP contribution in [0.25, 0.3) is 22.3 Å². The lowest BCUT2D eigenvalue weighted by atomic mass is 9.86. The lowest BCUT2D eigenvalue weighted by Gasteiger charge is -2.19. The van der Waals surface area contributed by atoms with Crippen LogP contribution in [0.1, 0.15) is 25.2 Å². The summed E-state index contributed by atoms with van der Waals surface area (Å²) in [6.45, 7) is 5.42. The van der Waals surface area contributed by atoms with Gasteiger partial charge in [0.1, 0.15) is 0 Å². The number of amides is 1. The highest BCUT2D eigenvalue weighted by molar-refractivity contribution is 6.30. The van der Waals surface area contributed by atoms with Gasteiger partial charge in [-0.05, 0) is 35.1 Å². The van der Waals surface area contributed by atoms with Crippen LogP contribution in [-0.4, -0.2) is 10.5 Å². The molecule has 2 heterocycles. The lowest BCUT2D eigenvalue weighted by molar-refractivity contribution is -0.117. The zero-order valence-electron chi connectivity index (χ0n) is 15.6. The number of carbonyl (C=O) groups is 1. The minimum absolute atomic E-state index is 0.157. The van der Waals surface area contributed by atoms with Crippen LogP contribution in [0.2, 0.25) is 5.02 Å². The van der Waals surface area contributed by atoms with Crippen molar-refractivity contribution in [1.29, 1.82) is 0 Å². The maximum Gasteiger partial charge on any atom is 0.223 e.